The van der Waals surface area contributed by atoms with E-state index in [1.54, 1.807) is 0 Å². The van der Waals surface area contributed by atoms with Crippen LogP contribution in [0.4, 0.5) is 0 Å². The van der Waals surface area contributed by atoms with Crippen molar-refractivity contribution < 1.29 is 13.5 Å². The lowest BCUT2D eigenvalue weighted by Gasteiger charge is -2.16. The van der Waals surface area contributed by atoms with E-state index in [1.807, 2.05) is 30.3 Å². The van der Waals surface area contributed by atoms with Gasteiger partial charge < -0.3 is 5.11 Å². The lowest BCUT2D eigenvalue weighted by molar-refractivity contribution is 0.159. The van der Waals surface area contributed by atoms with Crippen molar-refractivity contribution in [1.82, 2.24) is 4.72 Å². The highest BCUT2D eigenvalue weighted by Gasteiger charge is 2.49. The van der Waals surface area contributed by atoms with Gasteiger partial charge in [0.1, 0.15) is 0 Å². The number of hydrogen-bond acceptors (Lipinski definition) is 3. The van der Waals surface area contributed by atoms with Crippen LogP contribution in [0.2, 0.25) is 0 Å². The Kier molecular flexibility index (Phi) is 3.37. The molecule has 2 unspecified atom stereocenters. The molecule has 2 saturated carbocycles. The third kappa shape index (κ3) is 2.68. The monoisotopic (exact) mass is 281 g/mol. The Bertz CT molecular complexity index is 543. The summed E-state index contributed by atoms with van der Waals surface area (Å²) in [6.45, 7) is 0. The molecule has 2 fully saturated rings. The van der Waals surface area contributed by atoms with Crippen molar-refractivity contribution in [3.05, 3.63) is 35.9 Å². The average molecular weight is 281 g/mol. The summed E-state index contributed by atoms with van der Waals surface area (Å²) in [5.74, 6) is 0.109. The Hall–Kier alpha value is -0.910. The standard InChI is InChI=1S/C14H19NO3S/c16-13-8-4-7-12(13)15-19(17,18)14-9-11(14)10-5-2-1-3-6-10/h1-3,5-6,11-16H,4,7-9H2/t11?,12-,13-,14?/m1/s1. The Morgan fingerprint density at radius 1 is 1.16 bits per heavy atom. The largest absolute Gasteiger partial charge is 0.391 e. The van der Waals surface area contributed by atoms with Gasteiger partial charge in [0.2, 0.25) is 10.0 Å². The van der Waals surface area contributed by atoms with Crippen molar-refractivity contribution in [2.75, 3.05) is 0 Å². The fraction of sp³-hybridized carbons (Fsp3) is 0.571. The van der Waals surface area contributed by atoms with E-state index in [1.165, 1.54) is 0 Å². The van der Waals surface area contributed by atoms with Crippen molar-refractivity contribution in [2.24, 2.45) is 0 Å². The number of sulfonamides is 1. The topological polar surface area (TPSA) is 66.4 Å². The van der Waals surface area contributed by atoms with Crippen LogP contribution in [0.15, 0.2) is 30.3 Å². The van der Waals surface area contributed by atoms with Gasteiger partial charge in [0.05, 0.1) is 11.4 Å². The molecule has 0 radical (unpaired) electrons. The lowest BCUT2D eigenvalue weighted by atomic mass is 10.1. The van der Waals surface area contributed by atoms with Gasteiger partial charge in [0.15, 0.2) is 0 Å². The minimum Gasteiger partial charge on any atom is -0.391 e. The molecule has 0 amide bonds. The van der Waals surface area contributed by atoms with Crippen LogP contribution < -0.4 is 4.72 Å². The van der Waals surface area contributed by atoms with Gasteiger partial charge in [-0.15, -0.1) is 0 Å². The Balaban J connectivity index is 1.67. The summed E-state index contributed by atoms with van der Waals surface area (Å²) >= 11 is 0. The molecule has 5 heteroatoms. The molecule has 2 aliphatic rings. The van der Waals surface area contributed by atoms with Gasteiger partial charge in [0, 0.05) is 12.0 Å². The molecular weight excluding hydrogens is 262 g/mol. The Labute approximate surface area is 113 Å². The van der Waals surface area contributed by atoms with Gasteiger partial charge in [-0.1, -0.05) is 30.3 Å². The maximum atomic E-state index is 12.3. The molecule has 1 aromatic rings. The molecule has 0 bridgehead atoms. The number of hydrogen-bond donors (Lipinski definition) is 2. The van der Waals surface area contributed by atoms with Crippen molar-refractivity contribution in [2.45, 2.75) is 49.0 Å². The van der Waals surface area contributed by atoms with Crippen LogP contribution >= 0.6 is 0 Å². The van der Waals surface area contributed by atoms with Crippen LogP contribution in [-0.4, -0.2) is 30.9 Å². The van der Waals surface area contributed by atoms with Gasteiger partial charge in [-0.05, 0) is 31.2 Å². The summed E-state index contributed by atoms with van der Waals surface area (Å²) in [6, 6.07) is 9.47. The summed E-state index contributed by atoms with van der Waals surface area (Å²) in [4.78, 5) is 0. The fourth-order valence-electron chi connectivity index (χ4n) is 2.94. The maximum absolute atomic E-state index is 12.3. The molecule has 0 aliphatic heterocycles. The minimum absolute atomic E-state index is 0.109. The van der Waals surface area contributed by atoms with Crippen molar-refractivity contribution in [1.29, 1.82) is 0 Å². The first kappa shape index (κ1) is 13.1. The summed E-state index contributed by atoms with van der Waals surface area (Å²) in [6.07, 6.45) is 2.48. The second-order valence-corrected chi connectivity index (χ2v) is 7.49. The summed E-state index contributed by atoms with van der Waals surface area (Å²) in [7, 11) is -3.31. The normalized spacial score (nSPS) is 34.4. The Morgan fingerprint density at radius 3 is 2.53 bits per heavy atom. The van der Waals surface area contributed by atoms with Crippen LogP contribution in [0.5, 0.6) is 0 Å². The smallest absolute Gasteiger partial charge is 0.215 e. The van der Waals surface area contributed by atoms with E-state index in [4.69, 9.17) is 0 Å². The van der Waals surface area contributed by atoms with E-state index in [0.717, 1.165) is 18.4 Å². The second-order valence-electron chi connectivity index (χ2n) is 5.56. The predicted molar refractivity (Wildman–Crippen MR) is 73.3 cm³/mol. The van der Waals surface area contributed by atoms with Crippen LogP contribution in [0.3, 0.4) is 0 Å². The number of benzene rings is 1. The van der Waals surface area contributed by atoms with E-state index in [0.29, 0.717) is 12.8 Å². The quantitative estimate of drug-likeness (QED) is 0.876. The minimum atomic E-state index is -3.31. The molecule has 0 saturated heterocycles. The molecule has 0 spiro atoms. The van der Waals surface area contributed by atoms with Gasteiger partial charge in [-0.3, -0.25) is 0 Å². The first-order valence-electron chi connectivity index (χ1n) is 6.82. The van der Waals surface area contributed by atoms with Crippen LogP contribution in [-0.2, 0) is 10.0 Å². The van der Waals surface area contributed by atoms with E-state index >= 15 is 0 Å². The highest BCUT2D eigenvalue weighted by Crippen LogP contribution is 2.45. The van der Waals surface area contributed by atoms with Crippen molar-refractivity contribution >= 4 is 10.0 Å². The number of nitrogens with one attached hydrogen (secondary N) is 1. The Morgan fingerprint density at radius 2 is 1.89 bits per heavy atom. The zero-order valence-corrected chi connectivity index (χ0v) is 11.5. The van der Waals surface area contributed by atoms with Gasteiger partial charge in [-0.2, -0.15) is 0 Å². The van der Waals surface area contributed by atoms with Crippen molar-refractivity contribution in [3.8, 4) is 0 Å². The van der Waals surface area contributed by atoms with E-state index in [9.17, 15) is 13.5 Å². The lowest BCUT2D eigenvalue weighted by Crippen LogP contribution is -2.41. The highest BCUT2D eigenvalue weighted by atomic mass is 32.2. The van der Waals surface area contributed by atoms with Crippen molar-refractivity contribution in [3.63, 3.8) is 0 Å². The highest BCUT2D eigenvalue weighted by molar-refractivity contribution is 7.90. The first-order valence-corrected chi connectivity index (χ1v) is 8.37. The molecule has 0 aromatic heterocycles. The number of rotatable bonds is 4. The van der Waals surface area contributed by atoms with Gasteiger partial charge in [0.25, 0.3) is 0 Å². The zero-order chi connectivity index (χ0) is 13.5. The number of aliphatic hydroxyl groups excluding tert-OH is 1. The van der Waals surface area contributed by atoms with Gasteiger partial charge >= 0.3 is 0 Å². The van der Waals surface area contributed by atoms with Crippen LogP contribution in [0.1, 0.15) is 37.2 Å². The SMILES string of the molecule is O=S(=O)(N[C@@H]1CCC[C@H]1O)C1CC1c1ccccc1. The molecule has 4 nitrogen and oxygen atoms in total. The molecule has 104 valence electrons. The molecule has 2 N–H and O–H groups in total. The van der Waals surface area contributed by atoms with Gasteiger partial charge in [-0.25, -0.2) is 13.1 Å². The molecule has 19 heavy (non-hydrogen) atoms. The third-order valence-corrected chi connectivity index (χ3v) is 6.10. The number of aliphatic hydroxyl groups is 1. The van der Waals surface area contributed by atoms with E-state index < -0.39 is 16.1 Å². The van der Waals surface area contributed by atoms with Crippen LogP contribution in [0.25, 0.3) is 0 Å². The molecule has 3 rings (SSSR count). The molecule has 2 aliphatic carbocycles. The maximum Gasteiger partial charge on any atom is 0.215 e. The summed E-state index contributed by atoms with van der Waals surface area (Å²) < 4.78 is 27.2. The van der Waals surface area contributed by atoms with E-state index in [2.05, 4.69) is 4.72 Å². The summed E-state index contributed by atoms with van der Waals surface area (Å²) in [5.41, 5.74) is 1.09. The first-order chi connectivity index (χ1) is 9.08. The average Bonchev–Trinajstić information content (AvgIpc) is 3.12. The third-order valence-electron chi connectivity index (χ3n) is 4.15. The second kappa shape index (κ2) is 4.89. The van der Waals surface area contributed by atoms with E-state index in [-0.39, 0.29) is 17.2 Å². The van der Waals surface area contributed by atoms with Crippen LogP contribution in [0, 0.1) is 0 Å². The molecule has 0 heterocycles. The molecule has 4 atom stereocenters. The summed E-state index contributed by atoms with van der Waals surface area (Å²) in [5, 5.41) is 9.38. The fourth-order valence-corrected chi connectivity index (χ4v) is 4.86. The zero-order valence-electron chi connectivity index (χ0n) is 10.7. The predicted octanol–water partition coefficient (Wildman–Crippen LogP) is 1.38. The molecular formula is C14H19NO3S. The molecule has 1 aromatic carbocycles.